The maximum Gasteiger partial charge on any atom is 0.257 e. The van der Waals surface area contributed by atoms with Crippen LogP contribution in [0, 0.1) is 23.6 Å². The highest BCUT2D eigenvalue weighted by atomic mass is 19.2. The number of likely N-dealkylation sites (tertiary alicyclic amines) is 1. The van der Waals surface area contributed by atoms with Gasteiger partial charge in [-0.1, -0.05) is 13.8 Å². The van der Waals surface area contributed by atoms with E-state index in [4.69, 9.17) is 0 Å². The van der Waals surface area contributed by atoms with Gasteiger partial charge in [-0.3, -0.25) is 4.79 Å². The van der Waals surface area contributed by atoms with Gasteiger partial charge in [-0.15, -0.1) is 0 Å². The molecule has 0 aromatic carbocycles. The van der Waals surface area contributed by atoms with Crippen molar-refractivity contribution in [2.75, 3.05) is 13.1 Å². The van der Waals surface area contributed by atoms with Crippen molar-refractivity contribution in [3.8, 4) is 0 Å². The predicted molar refractivity (Wildman–Crippen MR) is 72.2 cm³/mol. The number of amides is 1. The lowest BCUT2D eigenvalue weighted by molar-refractivity contribution is 0.0752. The number of nitrogens with zero attached hydrogens (tertiary/aromatic N) is 2. The number of hydrogen-bond acceptors (Lipinski definition) is 2. The minimum atomic E-state index is -1.22. The molecule has 1 fully saturated rings. The van der Waals surface area contributed by atoms with Gasteiger partial charge >= 0.3 is 0 Å². The van der Waals surface area contributed by atoms with E-state index < -0.39 is 17.7 Å². The zero-order valence-corrected chi connectivity index (χ0v) is 11.9. The minimum Gasteiger partial charge on any atom is -0.339 e. The Morgan fingerprint density at radius 1 is 1.35 bits per heavy atom. The summed E-state index contributed by atoms with van der Waals surface area (Å²) in [5, 5.41) is 0. The maximum atomic E-state index is 13.6. The Morgan fingerprint density at radius 3 is 2.80 bits per heavy atom. The van der Waals surface area contributed by atoms with E-state index in [1.165, 1.54) is 6.07 Å². The first-order valence-electron chi connectivity index (χ1n) is 7.10. The molecule has 1 atom stereocenters. The Bertz CT molecular complexity index is 491. The Balaban J connectivity index is 2.11. The number of halogens is 2. The highest BCUT2D eigenvalue weighted by Crippen LogP contribution is 2.25. The summed E-state index contributed by atoms with van der Waals surface area (Å²) >= 11 is 0. The van der Waals surface area contributed by atoms with Crippen molar-refractivity contribution in [3.63, 3.8) is 0 Å². The average molecular weight is 282 g/mol. The molecule has 1 aliphatic rings. The molecule has 110 valence electrons. The predicted octanol–water partition coefficient (Wildman–Crippen LogP) is 3.26. The van der Waals surface area contributed by atoms with Crippen molar-refractivity contribution < 1.29 is 13.6 Å². The first-order valence-corrected chi connectivity index (χ1v) is 7.10. The maximum absolute atomic E-state index is 13.6. The molecule has 1 unspecified atom stereocenters. The largest absolute Gasteiger partial charge is 0.339 e. The molecular weight excluding hydrogens is 262 g/mol. The lowest BCUT2D eigenvalue weighted by Gasteiger charge is -2.21. The van der Waals surface area contributed by atoms with Crippen LogP contribution in [0.5, 0.6) is 0 Å². The van der Waals surface area contributed by atoms with Crippen LogP contribution in [0.25, 0.3) is 0 Å². The number of hydrogen-bond donors (Lipinski definition) is 0. The third-order valence-corrected chi connectivity index (χ3v) is 4.08. The zero-order valence-electron chi connectivity index (χ0n) is 11.9. The van der Waals surface area contributed by atoms with E-state index in [9.17, 15) is 13.6 Å². The van der Waals surface area contributed by atoms with E-state index in [0.29, 0.717) is 24.9 Å². The second-order valence-electron chi connectivity index (χ2n) is 5.69. The quantitative estimate of drug-likeness (QED) is 0.780. The van der Waals surface area contributed by atoms with Crippen LogP contribution in [0.3, 0.4) is 0 Å². The van der Waals surface area contributed by atoms with E-state index in [2.05, 4.69) is 18.8 Å². The fourth-order valence-corrected chi connectivity index (χ4v) is 2.75. The molecular formula is C15H20F2N2O. The third kappa shape index (κ3) is 3.14. The molecule has 5 heteroatoms. The van der Waals surface area contributed by atoms with Gasteiger partial charge in [0.15, 0.2) is 5.82 Å². The molecule has 0 bridgehead atoms. The first kappa shape index (κ1) is 14.9. The normalized spacial score (nSPS) is 20.1. The monoisotopic (exact) mass is 282 g/mol. The highest BCUT2D eigenvalue weighted by molar-refractivity contribution is 5.94. The highest BCUT2D eigenvalue weighted by Gasteiger charge is 2.25. The molecule has 2 rings (SSSR count). The van der Waals surface area contributed by atoms with E-state index in [-0.39, 0.29) is 5.56 Å². The summed E-state index contributed by atoms with van der Waals surface area (Å²) in [4.78, 5) is 17.1. The molecule has 0 radical (unpaired) electrons. The molecule has 1 amide bonds. The molecule has 3 nitrogen and oxygen atoms in total. The second-order valence-corrected chi connectivity index (χ2v) is 5.69. The third-order valence-electron chi connectivity index (χ3n) is 4.08. The SMILES string of the molecule is CC(C)C1CCCN(C(=O)c2ccnc(F)c2F)CC1. The summed E-state index contributed by atoms with van der Waals surface area (Å²) in [5.74, 6) is -1.63. The zero-order chi connectivity index (χ0) is 14.7. The molecule has 0 spiro atoms. The number of pyridine rings is 1. The van der Waals surface area contributed by atoms with Crippen molar-refractivity contribution in [1.82, 2.24) is 9.88 Å². The molecule has 1 saturated heterocycles. The molecule has 0 aliphatic carbocycles. The van der Waals surface area contributed by atoms with Gasteiger partial charge in [0.1, 0.15) is 0 Å². The average Bonchev–Trinajstić information content (AvgIpc) is 2.67. The van der Waals surface area contributed by atoms with E-state index in [1.807, 2.05) is 0 Å². The van der Waals surface area contributed by atoms with Crippen LogP contribution in [0.4, 0.5) is 8.78 Å². The van der Waals surface area contributed by atoms with Gasteiger partial charge in [0, 0.05) is 19.3 Å². The fourth-order valence-electron chi connectivity index (χ4n) is 2.75. The topological polar surface area (TPSA) is 33.2 Å². The van der Waals surface area contributed by atoms with Crippen LogP contribution in [-0.2, 0) is 0 Å². The van der Waals surface area contributed by atoms with Crippen molar-refractivity contribution in [1.29, 1.82) is 0 Å². The van der Waals surface area contributed by atoms with Crippen molar-refractivity contribution >= 4 is 5.91 Å². The standard InChI is InChI=1S/C15H20F2N2O/c1-10(2)11-4-3-8-19(9-6-11)15(20)12-5-7-18-14(17)13(12)16/h5,7,10-11H,3-4,6,8-9H2,1-2H3. The molecule has 1 aromatic rings. The Hall–Kier alpha value is -1.52. The smallest absolute Gasteiger partial charge is 0.257 e. The van der Waals surface area contributed by atoms with Crippen LogP contribution in [0.1, 0.15) is 43.5 Å². The van der Waals surface area contributed by atoms with Crippen LogP contribution in [-0.4, -0.2) is 28.9 Å². The van der Waals surface area contributed by atoms with E-state index in [1.54, 1.807) is 4.90 Å². The molecule has 0 saturated carbocycles. The summed E-state index contributed by atoms with van der Waals surface area (Å²) in [6, 6.07) is 1.24. The van der Waals surface area contributed by atoms with Crippen LogP contribution in [0.15, 0.2) is 12.3 Å². The van der Waals surface area contributed by atoms with Gasteiger partial charge in [-0.2, -0.15) is 4.39 Å². The summed E-state index contributed by atoms with van der Waals surface area (Å²) in [7, 11) is 0. The second kappa shape index (κ2) is 6.29. The number of carbonyl (C=O) groups excluding carboxylic acids is 1. The van der Waals surface area contributed by atoms with Crippen molar-refractivity contribution in [2.24, 2.45) is 11.8 Å². The fraction of sp³-hybridized carbons (Fsp3) is 0.600. The van der Waals surface area contributed by atoms with Gasteiger partial charge in [0.25, 0.3) is 5.91 Å². The molecule has 0 N–H and O–H groups in total. The Morgan fingerprint density at radius 2 is 2.10 bits per heavy atom. The summed E-state index contributed by atoms with van der Waals surface area (Å²) in [5.41, 5.74) is -0.222. The minimum absolute atomic E-state index is 0.222. The summed E-state index contributed by atoms with van der Waals surface area (Å²) < 4.78 is 26.7. The van der Waals surface area contributed by atoms with E-state index >= 15 is 0 Å². The summed E-state index contributed by atoms with van der Waals surface area (Å²) in [6.45, 7) is 5.57. The van der Waals surface area contributed by atoms with Gasteiger partial charge in [-0.25, -0.2) is 9.37 Å². The van der Waals surface area contributed by atoms with Gasteiger partial charge in [0.2, 0.25) is 5.95 Å². The van der Waals surface area contributed by atoms with Crippen LogP contribution < -0.4 is 0 Å². The van der Waals surface area contributed by atoms with Crippen LogP contribution in [0.2, 0.25) is 0 Å². The van der Waals surface area contributed by atoms with Crippen LogP contribution >= 0.6 is 0 Å². The molecule has 2 heterocycles. The number of carbonyl (C=O) groups is 1. The number of rotatable bonds is 2. The summed E-state index contributed by atoms with van der Waals surface area (Å²) in [6.07, 6.45) is 4.03. The molecule has 1 aromatic heterocycles. The van der Waals surface area contributed by atoms with Gasteiger partial charge in [0.05, 0.1) is 5.56 Å². The van der Waals surface area contributed by atoms with Crippen molar-refractivity contribution in [3.05, 3.63) is 29.6 Å². The van der Waals surface area contributed by atoms with Gasteiger partial charge in [-0.05, 0) is 37.2 Å². The van der Waals surface area contributed by atoms with Gasteiger partial charge < -0.3 is 4.90 Å². The molecule has 20 heavy (non-hydrogen) atoms. The Labute approximate surface area is 118 Å². The molecule has 1 aliphatic heterocycles. The Kier molecular flexibility index (Phi) is 4.68. The lowest BCUT2D eigenvalue weighted by Crippen LogP contribution is -2.33. The first-order chi connectivity index (χ1) is 9.50. The lowest BCUT2D eigenvalue weighted by atomic mass is 9.89. The van der Waals surface area contributed by atoms with E-state index in [0.717, 1.165) is 25.5 Å². The van der Waals surface area contributed by atoms with Crippen molar-refractivity contribution in [2.45, 2.75) is 33.1 Å². The number of aromatic nitrogens is 1.